The van der Waals surface area contributed by atoms with Crippen LogP contribution in [0.3, 0.4) is 0 Å². The quantitative estimate of drug-likeness (QED) is 0.772. The molecule has 1 unspecified atom stereocenters. The smallest absolute Gasteiger partial charge is 0.0462 e. The van der Waals surface area contributed by atoms with Gasteiger partial charge in [0.1, 0.15) is 0 Å². The Labute approximate surface area is 103 Å². The maximum Gasteiger partial charge on any atom is 0.0462 e. The van der Waals surface area contributed by atoms with Gasteiger partial charge in [-0.15, -0.1) is 0 Å². The highest BCUT2D eigenvalue weighted by atomic mass is 35.5. The van der Waals surface area contributed by atoms with Crippen molar-refractivity contribution in [3.63, 3.8) is 0 Å². The van der Waals surface area contributed by atoms with E-state index < -0.39 is 0 Å². The van der Waals surface area contributed by atoms with Gasteiger partial charge in [-0.25, -0.2) is 0 Å². The Kier molecular flexibility index (Phi) is 5.81. The number of rotatable bonds is 6. The number of aryl methyl sites for hydroxylation is 1. The third kappa shape index (κ3) is 4.12. The van der Waals surface area contributed by atoms with Crippen molar-refractivity contribution in [2.75, 3.05) is 20.8 Å². The van der Waals surface area contributed by atoms with Gasteiger partial charge in [0, 0.05) is 24.8 Å². The lowest BCUT2D eigenvalue weighted by atomic mass is 10.0. The summed E-state index contributed by atoms with van der Waals surface area (Å²) in [4.78, 5) is 0. The van der Waals surface area contributed by atoms with Crippen molar-refractivity contribution in [1.29, 1.82) is 0 Å². The molecule has 1 rings (SSSR count). The monoisotopic (exact) mass is 241 g/mol. The SMILES string of the molecule is CNC(CCCOC)c1cc(C)cc(Cl)c1. The molecular weight excluding hydrogens is 222 g/mol. The van der Waals surface area contributed by atoms with Crippen molar-refractivity contribution >= 4 is 11.6 Å². The Hall–Kier alpha value is -0.570. The molecule has 0 heterocycles. The second-order valence-corrected chi connectivity index (χ2v) is 4.47. The molecule has 90 valence electrons. The summed E-state index contributed by atoms with van der Waals surface area (Å²) in [5, 5.41) is 4.12. The Morgan fingerprint density at radius 2 is 2.12 bits per heavy atom. The molecule has 0 bridgehead atoms. The summed E-state index contributed by atoms with van der Waals surface area (Å²) in [6, 6.07) is 6.54. The van der Waals surface area contributed by atoms with Gasteiger partial charge in [0.15, 0.2) is 0 Å². The van der Waals surface area contributed by atoms with Crippen LogP contribution in [0.5, 0.6) is 0 Å². The summed E-state index contributed by atoms with van der Waals surface area (Å²) in [7, 11) is 3.71. The van der Waals surface area contributed by atoms with Gasteiger partial charge in [0.2, 0.25) is 0 Å². The zero-order valence-electron chi connectivity index (χ0n) is 10.2. The molecule has 1 N–H and O–H groups in total. The normalized spacial score (nSPS) is 12.8. The molecule has 0 saturated carbocycles. The number of benzene rings is 1. The fourth-order valence-electron chi connectivity index (χ4n) is 1.88. The summed E-state index contributed by atoms with van der Waals surface area (Å²) < 4.78 is 5.07. The van der Waals surface area contributed by atoms with Crippen LogP contribution in [0, 0.1) is 6.92 Å². The molecule has 1 atom stereocenters. The van der Waals surface area contributed by atoms with Crippen molar-refractivity contribution in [2.24, 2.45) is 0 Å². The largest absolute Gasteiger partial charge is 0.385 e. The number of hydrogen-bond acceptors (Lipinski definition) is 2. The molecule has 1 aromatic rings. The van der Waals surface area contributed by atoms with Crippen molar-refractivity contribution < 1.29 is 4.74 Å². The lowest BCUT2D eigenvalue weighted by Crippen LogP contribution is -2.17. The molecule has 0 fully saturated rings. The second kappa shape index (κ2) is 6.89. The zero-order chi connectivity index (χ0) is 12.0. The van der Waals surface area contributed by atoms with E-state index in [4.69, 9.17) is 16.3 Å². The van der Waals surface area contributed by atoms with E-state index in [0.717, 1.165) is 24.5 Å². The molecule has 1 aromatic carbocycles. The van der Waals surface area contributed by atoms with Crippen LogP contribution in [-0.2, 0) is 4.74 Å². The van der Waals surface area contributed by atoms with E-state index in [1.54, 1.807) is 7.11 Å². The Morgan fingerprint density at radius 1 is 1.38 bits per heavy atom. The summed E-state index contributed by atoms with van der Waals surface area (Å²) in [6.45, 7) is 2.87. The van der Waals surface area contributed by atoms with Crippen LogP contribution < -0.4 is 5.32 Å². The van der Waals surface area contributed by atoms with Crippen LogP contribution in [0.1, 0.15) is 30.0 Å². The molecule has 0 saturated heterocycles. The minimum Gasteiger partial charge on any atom is -0.385 e. The van der Waals surface area contributed by atoms with Crippen molar-refractivity contribution in [3.05, 3.63) is 34.3 Å². The molecule has 2 nitrogen and oxygen atoms in total. The van der Waals surface area contributed by atoms with Gasteiger partial charge in [-0.05, 0) is 50.1 Å². The Morgan fingerprint density at radius 3 is 2.69 bits per heavy atom. The second-order valence-electron chi connectivity index (χ2n) is 4.04. The first-order chi connectivity index (χ1) is 7.67. The average Bonchev–Trinajstić information content (AvgIpc) is 2.23. The van der Waals surface area contributed by atoms with Gasteiger partial charge < -0.3 is 10.1 Å². The highest BCUT2D eigenvalue weighted by Gasteiger charge is 2.09. The van der Waals surface area contributed by atoms with E-state index in [-0.39, 0.29) is 0 Å². The molecule has 3 heteroatoms. The van der Waals surface area contributed by atoms with Crippen LogP contribution in [0.15, 0.2) is 18.2 Å². The lowest BCUT2D eigenvalue weighted by molar-refractivity contribution is 0.189. The number of halogens is 1. The van der Waals surface area contributed by atoms with E-state index in [1.807, 2.05) is 19.2 Å². The first kappa shape index (κ1) is 13.5. The molecule has 0 radical (unpaired) electrons. The average molecular weight is 242 g/mol. The zero-order valence-corrected chi connectivity index (χ0v) is 11.0. The summed E-state index contributed by atoms with van der Waals surface area (Å²) in [5.74, 6) is 0. The van der Waals surface area contributed by atoms with Gasteiger partial charge in [-0.3, -0.25) is 0 Å². The number of ether oxygens (including phenoxy) is 1. The van der Waals surface area contributed by atoms with Crippen LogP contribution in [0.4, 0.5) is 0 Å². The van der Waals surface area contributed by atoms with Gasteiger partial charge in [0.05, 0.1) is 0 Å². The van der Waals surface area contributed by atoms with Crippen molar-refractivity contribution in [3.8, 4) is 0 Å². The summed E-state index contributed by atoms with van der Waals surface area (Å²) >= 11 is 6.06. The van der Waals surface area contributed by atoms with E-state index in [0.29, 0.717) is 6.04 Å². The standard InChI is InChI=1S/C13H20ClNO/c1-10-7-11(9-12(14)8-10)13(15-2)5-4-6-16-3/h7-9,13,15H,4-6H2,1-3H3. The molecule has 0 aliphatic heterocycles. The van der Waals surface area contributed by atoms with Gasteiger partial charge in [0.25, 0.3) is 0 Å². The van der Waals surface area contributed by atoms with Gasteiger partial charge in [-0.1, -0.05) is 17.7 Å². The van der Waals surface area contributed by atoms with E-state index in [9.17, 15) is 0 Å². The van der Waals surface area contributed by atoms with Crippen LogP contribution in [-0.4, -0.2) is 20.8 Å². The molecule has 0 aliphatic rings. The van der Waals surface area contributed by atoms with Crippen molar-refractivity contribution in [1.82, 2.24) is 5.32 Å². The third-order valence-corrected chi connectivity index (χ3v) is 2.87. The molecule has 0 amide bonds. The highest BCUT2D eigenvalue weighted by Crippen LogP contribution is 2.23. The van der Waals surface area contributed by atoms with Gasteiger partial charge in [-0.2, -0.15) is 0 Å². The third-order valence-electron chi connectivity index (χ3n) is 2.66. The Balaban J connectivity index is 2.70. The molecular formula is C13H20ClNO. The first-order valence-electron chi connectivity index (χ1n) is 5.60. The summed E-state index contributed by atoms with van der Waals surface area (Å²) in [5.41, 5.74) is 2.46. The maximum atomic E-state index is 6.06. The number of nitrogens with one attached hydrogen (secondary N) is 1. The van der Waals surface area contributed by atoms with E-state index in [2.05, 4.69) is 18.3 Å². The predicted molar refractivity (Wildman–Crippen MR) is 69.1 cm³/mol. The van der Waals surface area contributed by atoms with Crippen LogP contribution in [0.2, 0.25) is 5.02 Å². The van der Waals surface area contributed by atoms with E-state index >= 15 is 0 Å². The summed E-state index contributed by atoms with van der Waals surface area (Å²) in [6.07, 6.45) is 2.11. The number of hydrogen-bond donors (Lipinski definition) is 1. The molecule has 16 heavy (non-hydrogen) atoms. The fraction of sp³-hybridized carbons (Fsp3) is 0.538. The van der Waals surface area contributed by atoms with Gasteiger partial charge >= 0.3 is 0 Å². The van der Waals surface area contributed by atoms with E-state index in [1.165, 1.54) is 11.1 Å². The first-order valence-corrected chi connectivity index (χ1v) is 5.98. The fourth-order valence-corrected chi connectivity index (χ4v) is 2.17. The highest BCUT2D eigenvalue weighted by molar-refractivity contribution is 6.30. The van der Waals surface area contributed by atoms with Crippen LogP contribution in [0.25, 0.3) is 0 Å². The molecule has 0 aromatic heterocycles. The Bertz CT molecular complexity index is 307. The minimum atomic E-state index is 0.354. The number of methoxy groups -OCH3 is 1. The lowest BCUT2D eigenvalue weighted by Gasteiger charge is -2.17. The van der Waals surface area contributed by atoms with Crippen molar-refractivity contribution in [2.45, 2.75) is 25.8 Å². The minimum absolute atomic E-state index is 0.354. The topological polar surface area (TPSA) is 21.3 Å². The maximum absolute atomic E-state index is 6.06. The molecule has 0 aliphatic carbocycles. The van der Waals surface area contributed by atoms with Crippen LogP contribution >= 0.6 is 11.6 Å². The predicted octanol–water partition coefficient (Wildman–Crippen LogP) is 3.34. The molecule has 0 spiro atoms.